The third kappa shape index (κ3) is 2.99. The number of carboxylic acids is 1. The van der Waals surface area contributed by atoms with Crippen molar-refractivity contribution < 1.29 is 9.90 Å². The van der Waals surface area contributed by atoms with E-state index in [1.54, 1.807) is 0 Å². The molecule has 0 aromatic heterocycles. The lowest BCUT2D eigenvalue weighted by Gasteiger charge is -2.39. The van der Waals surface area contributed by atoms with Crippen molar-refractivity contribution in [2.75, 3.05) is 0 Å². The molecule has 25 heavy (non-hydrogen) atoms. The Morgan fingerprint density at radius 3 is 1.32 bits per heavy atom. The van der Waals surface area contributed by atoms with E-state index in [-0.39, 0.29) is 0 Å². The zero-order valence-electron chi connectivity index (χ0n) is 13.6. The highest BCUT2D eigenvalue weighted by Crippen LogP contribution is 2.45. The predicted molar refractivity (Wildman–Crippen MR) is 104 cm³/mol. The maximum Gasteiger partial charge on any atom is 0.312 e. The third-order valence-electron chi connectivity index (χ3n) is 4.56. The Bertz CT molecular complexity index is 748. The number of aliphatic carboxylic acids is 1. The first kappa shape index (κ1) is 17.1. The fraction of sp³-hybridized carbons (Fsp3) is 0.0909. The highest BCUT2D eigenvalue weighted by molar-refractivity contribution is 7.79. The summed E-state index contributed by atoms with van der Waals surface area (Å²) in [4.78, 5) is 12.2. The molecular formula is C22H18O2S. The molecule has 0 saturated heterocycles. The van der Waals surface area contributed by atoms with Gasteiger partial charge in [-0.3, -0.25) is 4.79 Å². The van der Waals surface area contributed by atoms with Crippen molar-refractivity contribution >= 4 is 23.6 Å². The number of carbonyl (C=O) groups is 1. The smallest absolute Gasteiger partial charge is 0.312 e. The minimum atomic E-state index is -0.938. The molecule has 0 saturated carbocycles. The SMILES string of the molecule is O=C(O)[C@@H](C=S)C(c1ccccc1)(c1ccccc1)c1ccccc1. The van der Waals surface area contributed by atoms with E-state index in [1.165, 1.54) is 5.37 Å². The van der Waals surface area contributed by atoms with E-state index in [9.17, 15) is 9.90 Å². The molecule has 0 fully saturated rings. The molecule has 0 aliphatic heterocycles. The van der Waals surface area contributed by atoms with Gasteiger partial charge in [0, 0.05) is 0 Å². The molecule has 2 nitrogen and oxygen atoms in total. The second-order valence-corrected chi connectivity index (χ2v) is 6.13. The predicted octanol–water partition coefficient (Wildman–Crippen LogP) is 4.72. The van der Waals surface area contributed by atoms with E-state index < -0.39 is 17.3 Å². The molecule has 3 aromatic carbocycles. The molecule has 0 aliphatic rings. The van der Waals surface area contributed by atoms with E-state index in [1.807, 2.05) is 91.0 Å². The normalized spacial score (nSPS) is 12.3. The molecule has 0 spiro atoms. The molecule has 3 aromatic rings. The summed E-state index contributed by atoms with van der Waals surface area (Å²) in [6.45, 7) is 0. The number of hydrogen-bond acceptors (Lipinski definition) is 2. The maximum atomic E-state index is 12.2. The van der Waals surface area contributed by atoms with Crippen molar-refractivity contribution in [2.45, 2.75) is 5.41 Å². The summed E-state index contributed by atoms with van der Waals surface area (Å²) in [5.41, 5.74) is 1.82. The van der Waals surface area contributed by atoms with Crippen molar-refractivity contribution in [3.05, 3.63) is 108 Å². The van der Waals surface area contributed by atoms with Gasteiger partial charge in [-0.2, -0.15) is 0 Å². The van der Waals surface area contributed by atoms with Crippen LogP contribution in [-0.4, -0.2) is 16.4 Å². The minimum absolute atomic E-state index is 0.880. The standard InChI is InChI=1S/C22H18O2S/c23-21(24)20(16-25)22(17-10-4-1-5-11-17,18-12-6-2-7-13-18)19-14-8-3-9-15-19/h1-16,20H,(H,23,24)/t20-/m1/s1. The van der Waals surface area contributed by atoms with Crippen LogP contribution in [0.4, 0.5) is 0 Å². The Balaban J connectivity index is 2.44. The topological polar surface area (TPSA) is 37.3 Å². The summed E-state index contributed by atoms with van der Waals surface area (Å²) >= 11 is 5.19. The molecular weight excluding hydrogens is 328 g/mol. The van der Waals surface area contributed by atoms with Crippen LogP contribution >= 0.6 is 12.2 Å². The molecule has 0 amide bonds. The number of carboxylic acid groups (broad SMARTS) is 1. The van der Waals surface area contributed by atoms with Crippen LogP contribution in [-0.2, 0) is 10.2 Å². The number of rotatable bonds is 6. The fourth-order valence-corrected chi connectivity index (χ4v) is 3.81. The van der Waals surface area contributed by atoms with Gasteiger partial charge in [-0.25, -0.2) is 0 Å². The zero-order chi connectivity index (χ0) is 17.7. The second-order valence-electron chi connectivity index (χ2n) is 5.86. The van der Waals surface area contributed by atoms with Crippen LogP contribution in [0.15, 0.2) is 91.0 Å². The molecule has 0 unspecified atom stereocenters. The van der Waals surface area contributed by atoms with Gasteiger partial charge in [0.25, 0.3) is 0 Å². The molecule has 0 radical (unpaired) electrons. The van der Waals surface area contributed by atoms with Crippen molar-refractivity contribution in [3.63, 3.8) is 0 Å². The Hall–Kier alpha value is -2.78. The monoisotopic (exact) mass is 346 g/mol. The highest BCUT2D eigenvalue weighted by atomic mass is 32.1. The number of thiocarbonyl (C=S) groups is 1. The lowest BCUT2D eigenvalue weighted by atomic mass is 9.62. The van der Waals surface area contributed by atoms with E-state index in [0.717, 1.165) is 16.7 Å². The summed E-state index contributed by atoms with van der Waals surface area (Å²) in [5.74, 6) is -1.82. The number of benzene rings is 3. The average molecular weight is 346 g/mol. The van der Waals surface area contributed by atoms with Gasteiger partial charge in [0.1, 0.15) is 5.92 Å². The van der Waals surface area contributed by atoms with Crippen molar-refractivity contribution in [1.29, 1.82) is 0 Å². The average Bonchev–Trinajstić information content (AvgIpc) is 2.68. The number of hydrogen-bond donors (Lipinski definition) is 1. The van der Waals surface area contributed by atoms with Gasteiger partial charge < -0.3 is 5.11 Å². The van der Waals surface area contributed by atoms with E-state index >= 15 is 0 Å². The van der Waals surface area contributed by atoms with Gasteiger partial charge in [0.2, 0.25) is 0 Å². The molecule has 3 heteroatoms. The fourth-order valence-electron chi connectivity index (χ4n) is 3.49. The summed E-state index contributed by atoms with van der Waals surface area (Å²) in [6, 6.07) is 29.2. The van der Waals surface area contributed by atoms with E-state index in [0.29, 0.717) is 0 Å². The largest absolute Gasteiger partial charge is 0.481 e. The van der Waals surface area contributed by atoms with Crippen LogP contribution in [0, 0.1) is 5.92 Å². The van der Waals surface area contributed by atoms with Gasteiger partial charge in [0.15, 0.2) is 0 Å². The van der Waals surface area contributed by atoms with Crippen LogP contribution in [0.25, 0.3) is 0 Å². The first-order valence-electron chi connectivity index (χ1n) is 8.06. The van der Waals surface area contributed by atoms with Gasteiger partial charge in [-0.1, -0.05) is 103 Å². The minimum Gasteiger partial charge on any atom is -0.481 e. The molecule has 124 valence electrons. The first-order valence-corrected chi connectivity index (χ1v) is 8.53. The lowest BCUT2D eigenvalue weighted by molar-refractivity contribution is -0.140. The highest BCUT2D eigenvalue weighted by Gasteiger charge is 2.46. The summed E-state index contributed by atoms with van der Waals surface area (Å²) in [6.07, 6.45) is 0. The molecule has 0 bridgehead atoms. The van der Waals surface area contributed by atoms with Crippen LogP contribution in [0.1, 0.15) is 16.7 Å². The van der Waals surface area contributed by atoms with Crippen LogP contribution in [0.3, 0.4) is 0 Å². The first-order chi connectivity index (χ1) is 12.2. The molecule has 3 rings (SSSR count). The van der Waals surface area contributed by atoms with Gasteiger partial charge in [-0.15, -0.1) is 0 Å². The molecule has 0 heterocycles. The zero-order valence-corrected chi connectivity index (χ0v) is 14.4. The van der Waals surface area contributed by atoms with Crippen molar-refractivity contribution in [3.8, 4) is 0 Å². The Morgan fingerprint density at radius 1 is 0.760 bits per heavy atom. The van der Waals surface area contributed by atoms with Crippen molar-refractivity contribution in [2.24, 2.45) is 5.92 Å². The van der Waals surface area contributed by atoms with E-state index in [4.69, 9.17) is 12.2 Å². The molecule has 1 N–H and O–H groups in total. The Kier molecular flexibility index (Phi) is 5.05. The molecule has 1 atom stereocenters. The van der Waals surface area contributed by atoms with Crippen LogP contribution < -0.4 is 0 Å². The summed E-state index contributed by atoms with van der Waals surface area (Å²) in [7, 11) is 0. The van der Waals surface area contributed by atoms with Gasteiger partial charge >= 0.3 is 5.97 Å². The summed E-state index contributed by atoms with van der Waals surface area (Å²) < 4.78 is 0. The Morgan fingerprint density at radius 2 is 1.08 bits per heavy atom. The quantitative estimate of drug-likeness (QED) is 0.518. The van der Waals surface area contributed by atoms with Gasteiger partial charge in [-0.05, 0) is 22.1 Å². The maximum absolute atomic E-state index is 12.2. The van der Waals surface area contributed by atoms with Crippen molar-refractivity contribution in [1.82, 2.24) is 0 Å². The third-order valence-corrected chi connectivity index (χ3v) is 4.83. The van der Waals surface area contributed by atoms with E-state index in [2.05, 4.69) is 0 Å². The second kappa shape index (κ2) is 7.41. The summed E-state index contributed by atoms with van der Waals surface area (Å²) in [5, 5.41) is 11.4. The van der Waals surface area contributed by atoms with Crippen LogP contribution in [0.5, 0.6) is 0 Å². The van der Waals surface area contributed by atoms with Crippen LogP contribution in [0.2, 0.25) is 0 Å². The molecule has 0 aliphatic carbocycles. The Labute approximate surface area is 152 Å². The lowest BCUT2D eigenvalue weighted by Crippen LogP contribution is -2.42. The van der Waals surface area contributed by atoms with Gasteiger partial charge in [0.05, 0.1) is 5.41 Å².